The number of hydrogen-bond donors (Lipinski definition) is 3. The number of alkyl halides is 3. The van der Waals surface area contributed by atoms with Crippen molar-refractivity contribution in [3.05, 3.63) is 59.7 Å². The molecule has 10 heteroatoms. The molecular weight excluding hydrogens is 383 g/mol. The highest BCUT2D eigenvalue weighted by Gasteiger charge is 2.30. The smallest absolute Gasteiger partial charge is 0.298 e. The Kier molecular flexibility index (Phi) is 5.11. The normalized spacial score (nSPS) is 14.6. The van der Waals surface area contributed by atoms with Crippen molar-refractivity contribution >= 4 is 21.6 Å². The molecular formula is C17H16F3N3O3S. The zero-order chi connectivity index (χ0) is 19.7. The van der Waals surface area contributed by atoms with Crippen molar-refractivity contribution in [1.29, 1.82) is 0 Å². The number of halogens is 3. The molecule has 1 aliphatic carbocycles. The molecule has 0 saturated heterocycles. The standard InChI is InChI=1S/C17H16F3N3O3S/c18-17(19,20)12-3-1-11(2-4-12)16(24)22-21-13-7-9-15(10-8-13)27(25,26)23-14-5-6-14/h1-4,7-10,14,21,23H,5-6H2,(H,22,24). The van der Waals surface area contributed by atoms with Gasteiger partial charge in [-0.3, -0.25) is 15.6 Å². The first-order valence-corrected chi connectivity index (χ1v) is 9.49. The number of carbonyl (C=O) groups excluding carboxylic acids is 1. The number of amides is 1. The number of benzene rings is 2. The number of hydrazine groups is 1. The quantitative estimate of drug-likeness (QED) is 0.652. The van der Waals surface area contributed by atoms with Crippen LogP contribution >= 0.6 is 0 Å². The van der Waals surface area contributed by atoms with Gasteiger partial charge in [-0.05, 0) is 61.4 Å². The summed E-state index contributed by atoms with van der Waals surface area (Å²) in [7, 11) is -3.56. The Balaban J connectivity index is 1.58. The summed E-state index contributed by atoms with van der Waals surface area (Å²) in [4.78, 5) is 12.1. The molecule has 3 N–H and O–H groups in total. The van der Waals surface area contributed by atoms with E-state index in [-0.39, 0.29) is 16.5 Å². The molecule has 1 amide bonds. The van der Waals surface area contributed by atoms with Crippen LogP contribution in [0.5, 0.6) is 0 Å². The molecule has 0 atom stereocenters. The molecule has 3 rings (SSSR count). The maximum absolute atomic E-state index is 12.5. The number of carbonyl (C=O) groups is 1. The molecule has 144 valence electrons. The Morgan fingerprint density at radius 3 is 2.07 bits per heavy atom. The highest BCUT2D eigenvalue weighted by molar-refractivity contribution is 7.89. The van der Waals surface area contributed by atoms with E-state index in [2.05, 4.69) is 15.6 Å². The minimum absolute atomic E-state index is 0.00387. The Bertz CT molecular complexity index is 923. The molecule has 2 aromatic carbocycles. The van der Waals surface area contributed by atoms with Crippen molar-refractivity contribution in [2.45, 2.75) is 30.0 Å². The van der Waals surface area contributed by atoms with E-state index in [1.54, 1.807) is 0 Å². The SMILES string of the molecule is O=C(NNc1ccc(S(=O)(=O)NC2CC2)cc1)c1ccc(C(F)(F)F)cc1. The minimum atomic E-state index is -4.47. The summed E-state index contributed by atoms with van der Waals surface area (Å²) in [6, 6.07) is 9.48. The molecule has 2 aromatic rings. The van der Waals surface area contributed by atoms with Gasteiger partial charge in [0.1, 0.15) is 0 Å². The van der Waals surface area contributed by atoms with Crippen LogP contribution in [0.2, 0.25) is 0 Å². The van der Waals surface area contributed by atoms with Gasteiger partial charge >= 0.3 is 6.18 Å². The lowest BCUT2D eigenvalue weighted by Gasteiger charge is -2.11. The summed E-state index contributed by atoms with van der Waals surface area (Å²) in [5.41, 5.74) is 4.54. The first kappa shape index (κ1) is 19.2. The summed E-state index contributed by atoms with van der Waals surface area (Å²) < 4.78 is 64.2. The van der Waals surface area contributed by atoms with Crippen LogP contribution in [-0.2, 0) is 16.2 Å². The lowest BCUT2D eigenvalue weighted by atomic mass is 10.1. The monoisotopic (exact) mass is 399 g/mol. The first-order chi connectivity index (χ1) is 12.6. The molecule has 1 saturated carbocycles. The van der Waals surface area contributed by atoms with Crippen LogP contribution in [0.3, 0.4) is 0 Å². The molecule has 0 heterocycles. The Labute approximate surface area is 153 Å². The van der Waals surface area contributed by atoms with Crippen LogP contribution in [-0.4, -0.2) is 20.4 Å². The van der Waals surface area contributed by atoms with E-state index in [1.165, 1.54) is 24.3 Å². The second kappa shape index (κ2) is 7.20. The summed E-state index contributed by atoms with van der Waals surface area (Å²) in [6.45, 7) is 0. The Morgan fingerprint density at radius 1 is 0.963 bits per heavy atom. The second-order valence-corrected chi connectivity index (χ2v) is 7.79. The third-order valence-electron chi connectivity index (χ3n) is 3.86. The van der Waals surface area contributed by atoms with Gasteiger partial charge in [0.2, 0.25) is 10.0 Å². The van der Waals surface area contributed by atoms with E-state index < -0.39 is 27.7 Å². The molecule has 0 spiro atoms. The maximum Gasteiger partial charge on any atom is 0.416 e. The van der Waals surface area contributed by atoms with Gasteiger partial charge in [0.15, 0.2) is 0 Å². The topological polar surface area (TPSA) is 87.3 Å². The van der Waals surface area contributed by atoms with E-state index in [0.717, 1.165) is 37.1 Å². The molecule has 0 radical (unpaired) electrons. The predicted molar refractivity (Wildman–Crippen MR) is 92.3 cm³/mol. The highest BCUT2D eigenvalue weighted by atomic mass is 32.2. The van der Waals surface area contributed by atoms with Crippen molar-refractivity contribution in [3.8, 4) is 0 Å². The van der Waals surface area contributed by atoms with Gasteiger partial charge in [-0.25, -0.2) is 13.1 Å². The van der Waals surface area contributed by atoms with Crippen molar-refractivity contribution in [2.75, 3.05) is 5.43 Å². The Hall–Kier alpha value is -2.59. The highest BCUT2D eigenvalue weighted by Crippen LogP contribution is 2.29. The van der Waals surface area contributed by atoms with Gasteiger partial charge in [0.05, 0.1) is 16.1 Å². The van der Waals surface area contributed by atoms with Crippen molar-refractivity contribution in [2.24, 2.45) is 0 Å². The summed E-state index contributed by atoms with van der Waals surface area (Å²) >= 11 is 0. The molecule has 1 fully saturated rings. The predicted octanol–water partition coefficient (Wildman–Crippen LogP) is 2.90. The van der Waals surface area contributed by atoms with Crippen LogP contribution in [0.4, 0.5) is 18.9 Å². The number of sulfonamides is 1. The first-order valence-electron chi connectivity index (χ1n) is 8.01. The summed E-state index contributed by atoms with van der Waals surface area (Å²) in [6.07, 6.45) is -2.81. The minimum Gasteiger partial charge on any atom is -0.298 e. The molecule has 0 unspecified atom stereocenters. The second-order valence-electron chi connectivity index (χ2n) is 6.07. The van der Waals surface area contributed by atoms with Crippen molar-refractivity contribution in [3.63, 3.8) is 0 Å². The zero-order valence-corrected chi connectivity index (χ0v) is 14.7. The fourth-order valence-electron chi connectivity index (χ4n) is 2.22. The van der Waals surface area contributed by atoms with Gasteiger partial charge in [0, 0.05) is 11.6 Å². The largest absolute Gasteiger partial charge is 0.416 e. The fraction of sp³-hybridized carbons (Fsp3) is 0.235. The fourth-order valence-corrected chi connectivity index (χ4v) is 3.52. The van der Waals surface area contributed by atoms with Crippen LogP contribution in [0, 0.1) is 0 Å². The van der Waals surface area contributed by atoms with Crippen LogP contribution in [0.15, 0.2) is 53.4 Å². The van der Waals surface area contributed by atoms with E-state index in [0.29, 0.717) is 5.69 Å². The van der Waals surface area contributed by atoms with Crippen molar-refractivity contribution < 1.29 is 26.4 Å². The van der Waals surface area contributed by atoms with Gasteiger partial charge in [-0.2, -0.15) is 13.2 Å². The van der Waals surface area contributed by atoms with E-state index in [1.807, 2.05) is 0 Å². The number of rotatable bonds is 6. The number of nitrogens with one attached hydrogen (secondary N) is 3. The van der Waals surface area contributed by atoms with Crippen LogP contribution in [0.25, 0.3) is 0 Å². The van der Waals surface area contributed by atoms with E-state index >= 15 is 0 Å². The van der Waals surface area contributed by atoms with Gasteiger partial charge in [0.25, 0.3) is 5.91 Å². The van der Waals surface area contributed by atoms with E-state index in [4.69, 9.17) is 0 Å². The summed E-state index contributed by atoms with van der Waals surface area (Å²) in [5.74, 6) is -0.629. The molecule has 1 aliphatic rings. The lowest BCUT2D eigenvalue weighted by Crippen LogP contribution is -2.29. The molecule has 0 aliphatic heterocycles. The van der Waals surface area contributed by atoms with Crippen LogP contribution < -0.4 is 15.6 Å². The molecule has 0 bridgehead atoms. The zero-order valence-electron chi connectivity index (χ0n) is 13.9. The molecule has 27 heavy (non-hydrogen) atoms. The van der Waals surface area contributed by atoms with Crippen molar-refractivity contribution in [1.82, 2.24) is 10.1 Å². The number of anilines is 1. The Morgan fingerprint density at radius 2 is 1.56 bits per heavy atom. The lowest BCUT2D eigenvalue weighted by molar-refractivity contribution is -0.137. The molecule has 0 aromatic heterocycles. The van der Waals surface area contributed by atoms with Crippen LogP contribution in [0.1, 0.15) is 28.8 Å². The average molecular weight is 399 g/mol. The summed E-state index contributed by atoms with van der Waals surface area (Å²) in [5, 5.41) is 0. The maximum atomic E-state index is 12.5. The average Bonchev–Trinajstić information content (AvgIpc) is 3.42. The third-order valence-corrected chi connectivity index (χ3v) is 5.39. The third kappa shape index (κ3) is 4.98. The number of hydrogen-bond acceptors (Lipinski definition) is 4. The van der Waals surface area contributed by atoms with Gasteiger partial charge in [-0.15, -0.1) is 0 Å². The van der Waals surface area contributed by atoms with Gasteiger partial charge in [-0.1, -0.05) is 0 Å². The molecule has 6 nitrogen and oxygen atoms in total. The van der Waals surface area contributed by atoms with Gasteiger partial charge < -0.3 is 0 Å². The van der Waals surface area contributed by atoms with E-state index in [9.17, 15) is 26.4 Å².